The van der Waals surface area contributed by atoms with Crippen LogP contribution in [-0.4, -0.2) is 17.4 Å². The van der Waals surface area contributed by atoms with E-state index in [0.29, 0.717) is 0 Å². The Morgan fingerprint density at radius 2 is 1.59 bits per heavy atom. The molecule has 2 unspecified atom stereocenters. The molecule has 1 N–H and O–H groups in total. The predicted octanol–water partition coefficient (Wildman–Crippen LogP) is 3.39. The number of hydrogen-bond donors (Lipinski definition) is 1. The van der Waals surface area contributed by atoms with Crippen molar-refractivity contribution >= 4 is 6.21 Å². The Morgan fingerprint density at radius 1 is 0.824 bits per heavy atom. The van der Waals surface area contributed by atoms with Gasteiger partial charge in [0, 0.05) is 6.21 Å². The largest absolute Gasteiger partial charge is 0.281 e. The summed E-state index contributed by atoms with van der Waals surface area (Å²) in [7, 11) is 0. The molecule has 0 saturated carbocycles. The maximum atomic E-state index is 4.45. The third kappa shape index (κ3) is 2.28. The van der Waals surface area contributed by atoms with E-state index in [2.05, 4.69) is 20.8 Å². The van der Waals surface area contributed by atoms with E-state index in [4.69, 9.17) is 0 Å². The zero-order valence-corrected chi connectivity index (χ0v) is 10.5. The van der Waals surface area contributed by atoms with E-state index in [1.54, 1.807) is 0 Å². The standard InChI is InChI=1S/C13H22N4/c1-2-4-6-8-13-10-9-12(15-13,7-5-3-1)11-14-17-16-13/h11,15H,1-10H2. The second-order valence-electron chi connectivity index (χ2n) is 5.87. The lowest BCUT2D eigenvalue weighted by Crippen LogP contribution is -2.49. The van der Waals surface area contributed by atoms with Gasteiger partial charge in [-0.25, -0.2) is 0 Å². The minimum atomic E-state index is -0.0964. The lowest BCUT2D eigenvalue weighted by atomic mass is 9.90. The second kappa shape index (κ2) is 4.48. The summed E-state index contributed by atoms with van der Waals surface area (Å²) in [6.07, 6.45) is 14.7. The van der Waals surface area contributed by atoms with Gasteiger partial charge in [0.25, 0.3) is 0 Å². The Labute approximate surface area is 103 Å². The summed E-state index contributed by atoms with van der Waals surface area (Å²) in [6, 6.07) is 0. The first-order valence-corrected chi connectivity index (χ1v) is 7.08. The van der Waals surface area contributed by atoms with Gasteiger partial charge in [0.15, 0.2) is 0 Å². The monoisotopic (exact) mass is 234 g/mol. The second-order valence-corrected chi connectivity index (χ2v) is 5.87. The Balaban J connectivity index is 1.83. The SMILES string of the molecule is C1=NN=NC23CCCCCCCCC1(CC2)N3. The van der Waals surface area contributed by atoms with Crippen LogP contribution in [0.1, 0.15) is 64.2 Å². The molecule has 2 bridgehead atoms. The summed E-state index contributed by atoms with van der Waals surface area (Å²) >= 11 is 0. The fourth-order valence-corrected chi connectivity index (χ4v) is 3.49. The molecule has 3 heterocycles. The van der Waals surface area contributed by atoms with Gasteiger partial charge in [0.2, 0.25) is 0 Å². The van der Waals surface area contributed by atoms with E-state index in [9.17, 15) is 0 Å². The van der Waals surface area contributed by atoms with Crippen LogP contribution in [0.4, 0.5) is 0 Å². The van der Waals surface area contributed by atoms with Gasteiger partial charge in [-0.3, -0.25) is 5.32 Å². The molecule has 0 aromatic heterocycles. The lowest BCUT2D eigenvalue weighted by molar-refractivity contribution is 0.305. The zero-order valence-electron chi connectivity index (χ0n) is 10.5. The molecule has 3 aliphatic rings. The first-order chi connectivity index (χ1) is 8.33. The molecule has 17 heavy (non-hydrogen) atoms. The van der Waals surface area contributed by atoms with Gasteiger partial charge in [0.05, 0.1) is 5.54 Å². The molecule has 0 aromatic carbocycles. The normalized spacial score (nSPS) is 41.9. The van der Waals surface area contributed by atoms with Gasteiger partial charge in [-0.05, 0) is 37.3 Å². The molecule has 2 fully saturated rings. The van der Waals surface area contributed by atoms with Crippen LogP contribution in [0.5, 0.6) is 0 Å². The summed E-state index contributed by atoms with van der Waals surface area (Å²) in [5, 5.41) is 16.3. The molecular weight excluding hydrogens is 212 g/mol. The van der Waals surface area contributed by atoms with Gasteiger partial charge < -0.3 is 0 Å². The number of nitrogens with one attached hydrogen (secondary N) is 1. The molecule has 0 amide bonds. The van der Waals surface area contributed by atoms with E-state index in [1.165, 1.54) is 51.4 Å². The highest BCUT2D eigenvalue weighted by atomic mass is 15.4. The highest BCUT2D eigenvalue weighted by Crippen LogP contribution is 2.39. The minimum absolute atomic E-state index is 0.0911. The van der Waals surface area contributed by atoms with Crippen LogP contribution in [0.15, 0.2) is 15.4 Å². The van der Waals surface area contributed by atoms with Crippen LogP contribution in [-0.2, 0) is 0 Å². The Morgan fingerprint density at radius 3 is 2.47 bits per heavy atom. The first kappa shape index (κ1) is 11.3. The fraction of sp³-hybridized carbons (Fsp3) is 0.923. The van der Waals surface area contributed by atoms with Crippen LogP contribution in [0.25, 0.3) is 0 Å². The van der Waals surface area contributed by atoms with Crippen molar-refractivity contribution in [2.24, 2.45) is 15.4 Å². The molecule has 4 nitrogen and oxygen atoms in total. The topological polar surface area (TPSA) is 49.1 Å². The molecule has 0 spiro atoms. The van der Waals surface area contributed by atoms with E-state index < -0.39 is 0 Å². The summed E-state index contributed by atoms with van der Waals surface area (Å²) in [5.74, 6) is 0. The number of nitrogens with zero attached hydrogens (tertiary/aromatic N) is 3. The van der Waals surface area contributed by atoms with Gasteiger partial charge in [-0.2, -0.15) is 0 Å². The van der Waals surface area contributed by atoms with Crippen LogP contribution in [0.3, 0.4) is 0 Å². The average Bonchev–Trinajstić information content (AvgIpc) is 2.55. The zero-order chi connectivity index (χ0) is 11.6. The Kier molecular flexibility index (Phi) is 2.99. The van der Waals surface area contributed by atoms with Crippen LogP contribution in [0, 0.1) is 0 Å². The van der Waals surface area contributed by atoms with E-state index in [1.807, 2.05) is 6.21 Å². The third-order valence-corrected chi connectivity index (χ3v) is 4.52. The molecule has 0 aromatic rings. The van der Waals surface area contributed by atoms with Crippen molar-refractivity contribution in [1.82, 2.24) is 5.32 Å². The fourth-order valence-electron chi connectivity index (χ4n) is 3.49. The number of hydrogen-bond acceptors (Lipinski definition) is 4. The summed E-state index contributed by atoms with van der Waals surface area (Å²) in [4.78, 5) is 0. The molecule has 94 valence electrons. The lowest BCUT2D eigenvalue weighted by Gasteiger charge is -2.28. The van der Waals surface area contributed by atoms with Crippen molar-refractivity contribution in [2.75, 3.05) is 0 Å². The van der Waals surface area contributed by atoms with Gasteiger partial charge in [0.1, 0.15) is 5.66 Å². The highest BCUT2D eigenvalue weighted by molar-refractivity contribution is 5.71. The van der Waals surface area contributed by atoms with Crippen molar-refractivity contribution in [3.05, 3.63) is 0 Å². The molecule has 3 aliphatic heterocycles. The van der Waals surface area contributed by atoms with Crippen LogP contribution in [0.2, 0.25) is 0 Å². The van der Waals surface area contributed by atoms with Gasteiger partial charge in [-0.15, -0.1) is 10.2 Å². The van der Waals surface area contributed by atoms with Crippen molar-refractivity contribution in [1.29, 1.82) is 0 Å². The smallest absolute Gasteiger partial charge is 0.134 e. The molecule has 2 saturated heterocycles. The Hall–Kier alpha value is -0.770. The highest BCUT2D eigenvalue weighted by Gasteiger charge is 2.47. The quantitative estimate of drug-likeness (QED) is 0.686. The molecule has 4 heteroatoms. The van der Waals surface area contributed by atoms with Crippen molar-refractivity contribution < 1.29 is 0 Å². The van der Waals surface area contributed by atoms with Crippen LogP contribution < -0.4 is 5.32 Å². The van der Waals surface area contributed by atoms with Gasteiger partial charge >= 0.3 is 0 Å². The summed E-state index contributed by atoms with van der Waals surface area (Å²) in [5.41, 5.74) is -0.00528. The van der Waals surface area contributed by atoms with E-state index in [0.717, 1.165) is 12.8 Å². The van der Waals surface area contributed by atoms with Crippen molar-refractivity contribution in [3.8, 4) is 0 Å². The maximum absolute atomic E-state index is 4.45. The average molecular weight is 234 g/mol. The van der Waals surface area contributed by atoms with Gasteiger partial charge in [-0.1, -0.05) is 32.1 Å². The molecule has 2 atom stereocenters. The molecular formula is C13H22N4. The maximum Gasteiger partial charge on any atom is 0.134 e. The van der Waals surface area contributed by atoms with Crippen molar-refractivity contribution in [2.45, 2.75) is 75.4 Å². The third-order valence-electron chi connectivity index (χ3n) is 4.52. The summed E-state index contributed by atoms with van der Waals surface area (Å²) in [6.45, 7) is 0. The minimum Gasteiger partial charge on any atom is -0.281 e. The van der Waals surface area contributed by atoms with E-state index >= 15 is 0 Å². The van der Waals surface area contributed by atoms with Crippen molar-refractivity contribution in [3.63, 3.8) is 0 Å². The predicted molar refractivity (Wildman–Crippen MR) is 68.1 cm³/mol. The summed E-state index contributed by atoms with van der Waals surface area (Å²) < 4.78 is 0. The molecule has 0 radical (unpaired) electrons. The first-order valence-electron chi connectivity index (χ1n) is 7.08. The molecule has 3 rings (SSSR count). The molecule has 0 aliphatic carbocycles. The number of rotatable bonds is 0. The van der Waals surface area contributed by atoms with E-state index in [-0.39, 0.29) is 11.2 Å². The Bertz CT molecular complexity index is 306. The van der Waals surface area contributed by atoms with Crippen LogP contribution >= 0.6 is 0 Å².